The van der Waals surface area contributed by atoms with E-state index in [1.54, 1.807) is 7.11 Å². The van der Waals surface area contributed by atoms with E-state index >= 15 is 0 Å². The summed E-state index contributed by atoms with van der Waals surface area (Å²) in [6.45, 7) is 0.751. The van der Waals surface area contributed by atoms with Crippen LogP contribution in [0.2, 0.25) is 0 Å². The minimum absolute atomic E-state index is 0.103. The second-order valence-corrected chi connectivity index (χ2v) is 7.19. The lowest BCUT2D eigenvalue weighted by molar-refractivity contribution is -0.116. The third kappa shape index (κ3) is 3.80. The Balaban J connectivity index is 1.38. The van der Waals surface area contributed by atoms with E-state index in [4.69, 9.17) is 4.74 Å². The highest BCUT2D eigenvalue weighted by atomic mass is 32.2. The first-order valence-corrected chi connectivity index (χ1v) is 9.72. The number of hydrogen-bond acceptors (Lipinski definition) is 5. The molecule has 2 aromatic carbocycles. The number of carbonyl (C=O) groups excluding carboxylic acids is 1. The number of fused-ring (bicyclic) bond motifs is 1. The highest BCUT2D eigenvalue weighted by Crippen LogP contribution is 2.29. The molecule has 1 amide bonds. The van der Waals surface area contributed by atoms with Crippen LogP contribution in [0.25, 0.3) is 11.3 Å². The lowest BCUT2D eigenvalue weighted by Crippen LogP contribution is -2.30. The molecule has 0 bridgehead atoms. The lowest BCUT2D eigenvalue weighted by Gasteiger charge is -2.16. The maximum Gasteiger partial charge on any atom is 0.237 e. The Kier molecular flexibility index (Phi) is 5.07. The number of methoxy groups -OCH3 is 1. The number of benzene rings is 2. The molecule has 0 N–H and O–H groups in total. The fourth-order valence-electron chi connectivity index (χ4n) is 3.12. The Hall–Kier alpha value is -2.86. The van der Waals surface area contributed by atoms with Crippen molar-refractivity contribution in [3.63, 3.8) is 0 Å². The highest BCUT2D eigenvalue weighted by Gasteiger charge is 2.24. The summed E-state index contributed by atoms with van der Waals surface area (Å²) in [4.78, 5) is 14.4. The van der Waals surface area contributed by atoms with Crippen molar-refractivity contribution >= 4 is 23.4 Å². The molecule has 136 valence electrons. The Morgan fingerprint density at radius 2 is 1.89 bits per heavy atom. The number of ether oxygens (including phenoxy) is 1. The third-order valence-corrected chi connectivity index (χ3v) is 5.46. The van der Waals surface area contributed by atoms with Crippen LogP contribution < -0.4 is 9.64 Å². The molecule has 27 heavy (non-hydrogen) atoms. The fourth-order valence-corrected chi connectivity index (χ4v) is 3.81. The molecule has 0 spiro atoms. The van der Waals surface area contributed by atoms with Crippen molar-refractivity contribution in [3.8, 4) is 17.0 Å². The van der Waals surface area contributed by atoms with Crippen molar-refractivity contribution in [1.29, 1.82) is 0 Å². The lowest BCUT2D eigenvalue weighted by atomic mass is 10.1. The molecule has 0 aliphatic carbocycles. The Morgan fingerprint density at radius 3 is 2.63 bits per heavy atom. The van der Waals surface area contributed by atoms with Crippen LogP contribution in [0.5, 0.6) is 5.75 Å². The monoisotopic (exact) mass is 377 g/mol. The number of aromatic nitrogens is 2. The van der Waals surface area contributed by atoms with Crippen molar-refractivity contribution in [3.05, 3.63) is 66.2 Å². The first-order valence-electron chi connectivity index (χ1n) is 8.74. The van der Waals surface area contributed by atoms with E-state index < -0.39 is 0 Å². The van der Waals surface area contributed by atoms with Gasteiger partial charge < -0.3 is 9.64 Å². The van der Waals surface area contributed by atoms with Gasteiger partial charge in [0.05, 0.1) is 18.6 Å². The van der Waals surface area contributed by atoms with E-state index in [-0.39, 0.29) is 5.91 Å². The van der Waals surface area contributed by atoms with Crippen molar-refractivity contribution in [2.24, 2.45) is 0 Å². The minimum Gasteiger partial charge on any atom is -0.497 e. The molecule has 0 saturated carbocycles. The Bertz CT molecular complexity index is 942. The number of thioether (sulfide) groups is 1. The maximum absolute atomic E-state index is 12.6. The van der Waals surface area contributed by atoms with Gasteiger partial charge in [0.15, 0.2) is 0 Å². The average molecular weight is 377 g/mol. The zero-order valence-electron chi connectivity index (χ0n) is 15.0. The first kappa shape index (κ1) is 17.5. The summed E-state index contributed by atoms with van der Waals surface area (Å²) >= 11 is 1.42. The van der Waals surface area contributed by atoms with Gasteiger partial charge in [-0.25, -0.2) is 0 Å². The largest absolute Gasteiger partial charge is 0.497 e. The minimum atomic E-state index is 0.103. The van der Waals surface area contributed by atoms with Crippen LogP contribution in [0.15, 0.2) is 65.7 Å². The topological polar surface area (TPSA) is 55.3 Å². The molecular formula is C21H19N3O2S. The summed E-state index contributed by atoms with van der Waals surface area (Å²) in [5.41, 5.74) is 4.04. The van der Waals surface area contributed by atoms with Crippen LogP contribution in [0.4, 0.5) is 5.69 Å². The van der Waals surface area contributed by atoms with Gasteiger partial charge in [-0.05, 0) is 54.4 Å². The number of rotatable bonds is 5. The van der Waals surface area contributed by atoms with Crippen molar-refractivity contribution in [2.45, 2.75) is 11.4 Å². The van der Waals surface area contributed by atoms with E-state index in [2.05, 4.69) is 16.3 Å². The second-order valence-electron chi connectivity index (χ2n) is 6.20. The van der Waals surface area contributed by atoms with Gasteiger partial charge in [0.25, 0.3) is 0 Å². The van der Waals surface area contributed by atoms with Crippen LogP contribution >= 0.6 is 11.8 Å². The Labute approximate surface area is 162 Å². The van der Waals surface area contributed by atoms with Gasteiger partial charge in [-0.2, -0.15) is 0 Å². The molecule has 1 aliphatic rings. The molecule has 3 aromatic rings. The molecule has 0 unspecified atom stereocenters. The second kappa shape index (κ2) is 7.80. The number of anilines is 1. The van der Waals surface area contributed by atoms with E-state index in [0.717, 1.165) is 40.7 Å². The predicted molar refractivity (Wildman–Crippen MR) is 107 cm³/mol. The molecule has 5 nitrogen and oxygen atoms in total. The van der Waals surface area contributed by atoms with Crippen LogP contribution in [-0.4, -0.2) is 35.5 Å². The average Bonchev–Trinajstić information content (AvgIpc) is 3.17. The summed E-state index contributed by atoms with van der Waals surface area (Å²) in [7, 11) is 1.64. The fraction of sp³-hybridized carbons (Fsp3) is 0.190. The SMILES string of the molecule is COc1ccc(-c2ccc(SCC(=O)N3CCc4ccccc43)nn2)cc1. The van der Waals surface area contributed by atoms with Gasteiger partial charge in [0, 0.05) is 17.8 Å². The van der Waals surface area contributed by atoms with Gasteiger partial charge >= 0.3 is 0 Å². The zero-order chi connectivity index (χ0) is 18.6. The van der Waals surface area contributed by atoms with Crippen LogP contribution in [-0.2, 0) is 11.2 Å². The van der Waals surface area contributed by atoms with Crippen LogP contribution in [0.1, 0.15) is 5.56 Å². The first-order chi connectivity index (χ1) is 13.2. The summed E-state index contributed by atoms with van der Waals surface area (Å²) in [5.74, 6) is 1.26. The normalized spacial score (nSPS) is 12.7. The highest BCUT2D eigenvalue weighted by molar-refractivity contribution is 7.99. The third-order valence-electron chi connectivity index (χ3n) is 4.56. The molecule has 0 atom stereocenters. The van der Waals surface area contributed by atoms with Gasteiger partial charge in [0.2, 0.25) is 5.91 Å². The molecule has 1 aliphatic heterocycles. The van der Waals surface area contributed by atoms with Crippen molar-refractivity contribution < 1.29 is 9.53 Å². The molecule has 0 radical (unpaired) electrons. The summed E-state index contributed by atoms with van der Waals surface area (Å²) in [6, 6.07) is 19.6. The molecule has 2 heterocycles. The van der Waals surface area contributed by atoms with Gasteiger partial charge in [-0.1, -0.05) is 30.0 Å². The van der Waals surface area contributed by atoms with E-state index in [1.807, 2.05) is 59.5 Å². The summed E-state index contributed by atoms with van der Waals surface area (Å²) in [6.07, 6.45) is 0.920. The smallest absolute Gasteiger partial charge is 0.237 e. The predicted octanol–water partition coefficient (Wildman–Crippen LogP) is 3.83. The van der Waals surface area contributed by atoms with Gasteiger partial charge in [-0.15, -0.1) is 10.2 Å². The number of para-hydroxylation sites is 1. The maximum atomic E-state index is 12.6. The van der Waals surface area contributed by atoms with E-state index in [0.29, 0.717) is 5.75 Å². The molecule has 4 rings (SSSR count). The summed E-state index contributed by atoms with van der Waals surface area (Å²) in [5, 5.41) is 9.27. The Morgan fingerprint density at radius 1 is 1.07 bits per heavy atom. The summed E-state index contributed by atoms with van der Waals surface area (Å²) < 4.78 is 5.17. The van der Waals surface area contributed by atoms with Crippen LogP contribution in [0, 0.1) is 0 Å². The number of hydrogen-bond donors (Lipinski definition) is 0. The quantitative estimate of drug-likeness (QED) is 0.633. The standard InChI is InChI=1S/C21H19N3O2S/c1-26-17-8-6-15(7-9-17)18-10-11-20(23-22-18)27-14-21(25)24-13-12-16-4-2-3-5-19(16)24/h2-11H,12-14H2,1H3. The number of nitrogens with zero attached hydrogens (tertiary/aromatic N) is 3. The van der Waals surface area contributed by atoms with Gasteiger partial charge in [0.1, 0.15) is 10.8 Å². The molecule has 0 fully saturated rings. The van der Waals surface area contributed by atoms with Crippen molar-refractivity contribution in [1.82, 2.24) is 10.2 Å². The molecule has 1 aromatic heterocycles. The zero-order valence-corrected chi connectivity index (χ0v) is 15.8. The molecular weight excluding hydrogens is 358 g/mol. The number of carbonyl (C=O) groups is 1. The van der Waals surface area contributed by atoms with Crippen molar-refractivity contribution in [2.75, 3.05) is 24.3 Å². The molecule has 0 saturated heterocycles. The van der Waals surface area contributed by atoms with Gasteiger partial charge in [-0.3, -0.25) is 4.79 Å². The molecule has 6 heteroatoms. The van der Waals surface area contributed by atoms with E-state index in [9.17, 15) is 4.79 Å². The van der Waals surface area contributed by atoms with E-state index in [1.165, 1.54) is 17.3 Å². The number of amides is 1. The van der Waals surface area contributed by atoms with Crippen LogP contribution in [0.3, 0.4) is 0 Å².